The molecule has 38 heavy (non-hydrogen) atoms. The molecule has 198 valence electrons. The number of likely N-dealkylation sites (tertiary alicyclic amines) is 1. The van der Waals surface area contributed by atoms with Gasteiger partial charge < -0.3 is 16.0 Å². The zero-order valence-electron chi connectivity index (χ0n) is 22.4. The van der Waals surface area contributed by atoms with Gasteiger partial charge in [-0.25, -0.2) is 9.48 Å². The molecular weight excluding hydrogens is 476 g/mol. The number of urea groups is 1. The number of anilines is 1. The van der Waals surface area contributed by atoms with E-state index in [4.69, 9.17) is 10.8 Å². The molecule has 3 heterocycles. The molecule has 3 fully saturated rings. The quantitative estimate of drug-likeness (QED) is 0.515. The number of aromatic nitrogens is 4. The lowest BCUT2D eigenvalue weighted by molar-refractivity contribution is 0.0673. The number of nitrogens with zero attached hydrogens (tertiary/aromatic N) is 6. The third-order valence-electron chi connectivity index (χ3n) is 8.20. The van der Waals surface area contributed by atoms with Gasteiger partial charge in [0.25, 0.3) is 0 Å². The number of amides is 2. The van der Waals surface area contributed by atoms with E-state index in [1.807, 2.05) is 41.2 Å². The number of hydrogen-bond donors (Lipinski definition) is 2. The van der Waals surface area contributed by atoms with Crippen LogP contribution in [0.2, 0.25) is 0 Å². The number of nitrogen functional groups attached to an aromatic ring is 1. The number of benzene rings is 1. The standard InChI is InChI=1S/C29H36N8O/c1-28(2,3)33-27(38)35-10-9-29(18-35)12-23(13-29)37-26(31)24(14-30)25(34-37)22-15-32-36(17-22)16-19-5-4-6-21(11-19)20-7-8-20/h4-6,11,15,17,20,23H,7-10,12-13,16,18,31H2,1-3H3,(H,33,38). The molecule has 1 aliphatic heterocycles. The summed E-state index contributed by atoms with van der Waals surface area (Å²) in [5.74, 6) is 1.12. The molecule has 2 amide bonds. The second kappa shape index (κ2) is 8.90. The maximum absolute atomic E-state index is 12.6. The van der Waals surface area contributed by atoms with Crippen LogP contribution in [0.1, 0.15) is 81.5 Å². The van der Waals surface area contributed by atoms with E-state index in [0.717, 1.165) is 37.9 Å². The summed E-state index contributed by atoms with van der Waals surface area (Å²) in [4.78, 5) is 14.6. The minimum Gasteiger partial charge on any atom is -0.383 e. The van der Waals surface area contributed by atoms with Gasteiger partial charge in [-0.2, -0.15) is 15.5 Å². The van der Waals surface area contributed by atoms with Gasteiger partial charge in [0.2, 0.25) is 0 Å². The van der Waals surface area contributed by atoms with E-state index in [2.05, 4.69) is 40.8 Å². The Bertz CT molecular complexity index is 1410. The lowest BCUT2D eigenvalue weighted by Gasteiger charge is -2.45. The van der Waals surface area contributed by atoms with Crippen molar-refractivity contribution < 1.29 is 4.79 Å². The highest BCUT2D eigenvalue weighted by Gasteiger charge is 2.51. The minimum absolute atomic E-state index is 0.00163. The number of nitrogens with one attached hydrogen (secondary N) is 1. The number of nitrogens with two attached hydrogens (primary N) is 1. The third kappa shape index (κ3) is 4.64. The Kier molecular flexibility index (Phi) is 5.74. The van der Waals surface area contributed by atoms with Crippen molar-refractivity contribution in [3.63, 3.8) is 0 Å². The van der Waals surface area contributed by atoms with Gasteiger partial charge in [-0.15, -0.1) is 0 Å². The molecule has 2 aromatic heterocycles. The van der Waals surface area contributed by atoms with E-state index in [1.165, 1.54) is 24.0 Å². The second-order valence-electron chi connectivity index (χ2n) is 12.5. The first-order valence-corrected chi connectivity index (χ1v) is 13.6. The van der Waals surface area contributed by atoms with Gasteiger partial charge in [0.15, 0.2) is 0 Å². The maximum atomic E-state index is 12.6. The Morgan fingerprint density at radius 2 is 2.08 bits per heavy atom. The first-order valence-electron chi connectivity index (χ1n) is 13.6. The van der Waals surface area contributed by atoms with Crippen LogP contribution in [0, 0.1) is 16.7 Å². The van der Waals surface area contributed by atoms with E-state index >= 15 is 0 Å². The lowest BCUT2D eigenvalue weighted by Crippen LogP contribution is -2.49. The number of nitriles is 1. The molecule has 2 saturated carbocycles. The van der Waals surface area contributed by atoms with E-state index in [0.29, 0.717) is 29.5 Å². The SMILES string of the molecule is CC(C)(C)NC(=O)N1CCC2(CC(n3nc(-c4cnn(Cc5cccc(C6CC6)c5)c4)c(C#N)c3N)C2)C1. The van der Waals surface area contributed by atoms with Crippen LogP contribution in [0.5, 0.6) is 0 Å². The Morgan fingerprint density at radius 1 is 1.29 bits per heavy atom. The summed E-state index contributed by atoms with van der Waals surface area (Å²) in [5, 5.41) is 22.3. The molecule has 0 atom stereocenters. The first kappa shape index (κ1) is 24.5. The molecule has 1 saturated heterocycles. The zero-order valence-corrected chi connectivity index (χ0v) is 22.4. The number of hydrogen-bond acceptors (Lipinski definition) is 5. The van der Waals surface area contributed by atoms with Gasteiger partial charge in [-0.1, -0.05) is 24.3 Å². The number of rotatable bonds is 5. The van der Waals surface area contributed by atoms with Crippen molar-refractivity contribution in [2.45, 2.75) is 76.9 Å². The molecular formula is C29H36N8O. The average molecular weight is 513 g/mol. The smallest absolute Gasteiger partial charge is 0.317 e. The molecule has 3 aliphatic rings. The van der Waals surface area contributed by atoms with E-state index < -0.39 is 0 Å². The number of carbonyl (C=O) groups is 1. The Labute approximate surface area is 223 Å². The van der Waals surface area contributed by atoms with Gasteiger partial charge in [0, 0.05) is 30.4 Å². The fourth-order valence-corrected chi connectivity index (χ4v) is 6.11. The van der Waals surface area contributed by atoms with Crippen molar-refractivity contribution in [2.24, 2.45) is 5.41 Å². The van der Waals surface area contributed by atoms with Gasteiger partial charge in [-0.3, -0.25) is 4.68 Å². The third-order valence-corrected chi connectivity index (χ3v) is 8.20. The minimum atomic E-state index is -0.253. The van der Waals surface area contributed by atoms with E-state index in [1.54, 1.807) is 6.20 Å². The van der Waals surface area contributed by atoms with Crippen molar-refractivity contribution >= 4 is 11.8 Å². The van der Waals surface area contributed by atoms with Gasteiger partial charge >= 0.3 is 6.03 Å². The van der Waals surface area contributed by atoms with Crippen LogP contribution in [-0.4, -0.2) is 49.1 Å². The molecule has 0 bridgehead atoms. The molecule has 2 aliphatic carbocycles. The summed E-state index contributed by atoms with van der Waals surface area (Å²) in [7, 11) is 0. The fourth-order valence-electron chi connectivity index (χ4n) is 6.11. The highest BCUT2D eigenvalue weighted by atomic mass is 16.2. The summed E-state index contributed by atoms with van der Waals surface area (Å²) in [5.41, 5.74) is 10.7. The molecule has 0 radical (unpaired) electrons. The second-order valence-corrected chi connectivity index (χ2v) is 12.5. The monoisotopic (exact) mass is 512 g/mol. The summed E-state index contributed by atoms with van der Waals surface area (Å²) in [6.45, 7) is 8.18. The fraction of sp³-hybridized carbons (Fsp3) is 0.517. The summed E-state index contributed by atoms with van der Waals surface area (Å²) in [6.07, 6.45) is 9.06. The predicted molar refractivity (Wildman–Crippen MR) is 145 cm³/mol. The van der Waals surface area contributed by atoms with Crippen LogP contribution >= 0.6 is 0 Å². The molecule has 3 N–H and O–H groups in total. The van der Waals surface area contributed by atoms with Gasteiger partial charge in [-0.05, 0) is 75.3 Å². The van der Waals surface area contributed by atoms with E-state index in [9.17, 15) is 10.1 Å². The topological polar surface area (TPSA) is 118 Å². The first-order chi connectivity index (χ1) is 18.1. The molecule has 3 aromatic rings. The Balaban J connectivity index is 1.15. The summed E-state index contributed by atoms with van der Waals surface area (Å²) in [6, 6.07) is 11.1. The molecule has 6 rings (SSSR count). The van der Waals surface area contributed by atoms with E-state index in [-0.39, 0.29) is 23.0 Å². The maximum Gasteiger partial charge on any atom is 0.317 e. The Hall–Kier alpha value is -3.80. The average Bonchev–Trinajstić information content (AvgIpc) is 3.27. The van der Waals surface area contributed by atoms with Crippen LogP contribution < -0.4 is 11.1 Å². The summed E-state index contributed by atoms with van der Waals surface area (Å²) < 4.78 is 3.72. The van der Waals surface area contributed by atoms with Crippen LogP contribution in [0.4, 0.5) is 10.6 Å². The zero-order chi connectivity index (χ0) is 26.7. The normalized spacial score (nSPS) is 22.9. The lowest BCUT2D eigenvalue weighted by atomic mass is 9.65. The molecule has 9 nitrogen and oxygen atoms in total. The van der Waals surface area contributed by atoms with Crippen LogP contribution in [0.25, 0.3) is 11.3 Å². The van der Waals surface area contributed by atoms with Crippen molar-refractivity contribution in [1.82, 2.24) is 29.8 Å². The largest absolute Gasteiger partial charge is 0.383 e. The Morgan fingerprint density at radius 3 is 2.79 bits per heavy atom. The van der Waals surface area contributed by atoms with Crippen LogP contribution in [-0.2, 0) is 6.54 Å². The van der Waals surface area contributed by atoms with Gasteiger partial charge in [0.1, 0.15) is 23.1 Å². The predicted octanol–water partition coefficient (Wildman–Crippen LogP) is 4.66. The van der Waals surface area contributed by atoms with Crippen molar-refractivity contribution in [1.29, 1.82) is 5.26 Å². The van der Waals surface area contributed by atoms with Crippen LogP contribution in [0.15, 0.2) is 36.7 Å². The molecule has 0 unspecified atom stereocenters. The summed E-state index contributed by atoms with van der Waals surface area (Å²) >= 11 is 0. The van der Waals surface area contributed by atoms with Crippen molar-refractivity contribution in [3.8, 4) is 17.3 Å². The number of carbonyl (C=O) groups excluding carboxylic acids is 1. The highest BCUT2D eigenvalue weighted by molar-refractivity contribution is 5.75. The highest BCUT2D eigenvalue weighted by Crippen LogP contribution is 2.54. The van der Waals surface area contributed by atoms with Crippen molar-refractivity contribution in [2.75, 3.05) is 18.8 Å². The van der Waals surface area contributed by atoms with Crippen LogP contribution in [0.3, 0.4) is 0 Å². The van der Waals surface area contributed by atoms with Gasteiger partial charge in [0.05, 0.1) is 18.8 Å². The van der Waals surface area contributed by atoms with Crippen molar-refractivity contribution in [3.05, 3.63) is 53.3 Å². The molecule has 1 aromatic carbocycles. The molecule has 9 heteroatoms. The molecule has 1 spiro atoms.